The van der Waals surface area contributed by atoms with E-state index in [0.717, 1.165) is 15.7 Å². The lowest BCUT2D eigenvalue weighted by Gasteiger charge is -2.29. The predicted molar refractivity (Wildman–Crippen MR) is 138 cm³/mol. The number of amides is 3. The molecule has 0 bridgehead atoms. The number of rotatable bonds is 12. The third-order valence-corrected chi connectivity index (χ3v) is 6.44. The van der Waals surface area contributed by atoms with Gasteiger partial charge in [0.15, 0.2) is 0 Å². The van der Waals surface area contributed by atoms with E-state index < -0.39 is 29.9 Å². The van der Waals surface area contributed by atoms with Crippen molar-refractivity contribution in [1.29, 1.82) is 0 Å². The molecular formula is C27H36N4O5. The number of hydrogen-bond donors (Lipinski definition) is 2. The Hall–Kier alpha value is -3.30. The van der Waals surface area contributed by atoms with Gasteiger partial charge in [-0.05, 0) is 55.8 Å². The number of carbonyl (C=O) groups excluding carboxylic acids is 3. The summed E-state index contributed by atoms with van der Waals surface area (Å²) >= 11 is 0. The van der Waals surface area contributed by atoms with Crippen molar-refractivity contribution < 1.29 is 24.3 Å². The molecule has 0 aromatic heterocycles. The van der Waals surface area contributed by atoms with E-state index in [4.69, 9.17) is 0 Å². The van der Waals surface area contributed by atoms with E-state index >= 15 is 0 Å². The maximum Gasteiger partial charge on any atom is 0.320 e. The van der Waals surface area contributed by atoms with Crippen molar-refractivity contribution in [2.45, 2.75) is 38.8 Å². The number of benzene rings is 2. The minimum absolute atomic E-state index is 0.0103. The lowest BCUT2D eigenvalue weighted by Crippen LogP contribution is -2.53. The quantitative estimate of drug-likeness (QED) is 0.434. The summed E-state index contributed by atoms with van der Waals surface area (Å²) in [6.07, 6.45) is 0.456. The Morgan fingerprint density at radius 2 is 1.50 bits per heavy atom. The van der Waals surface area contributed by atoms with E-state index in [1.807, 2.05) is 57.1 Å². The molecule has 3 rings (SSSR count). The molecule has 2 aromatic carbocycles. The van der Waals surface area contributed by atoms with E-state index in [1.54, 1.807) is 24.1 Å². The zero-order valence-corrected chi connectivity index (χ0v) is 21.7. The molecule has 0 fully saturated rings. The number of aliphatic carboxylic acids is 1. The molecule has 9 nitrogen and oxygen atoms in total. The third kappa shape index (κ3) is 6.27. The van der Waals surface area contributed by atoms with Crippen molar-refractivity contribution in [3.05, 3.63) is 47.5 Å². The summed E-state index contributed by atoms with van der Waals surface area (Å²) in [6, 6.07) is 9.11. The van der Waals surface area contributed by atoms with E-state index in [-0.39, 0.29) is 24.8 Å². The van der Waals surface area contributed by atoms with Crippen LogP contribution in [-0.4, -0.2) is 96.4 Å². The highest BCUT2D eigenvalue weighted by Gasteiger charge is 2.37. The van der Waals surface area contributed by atoms with Gasteiger partial charge in [-0.3, -0.25) is 29.4 Å². The standard InChI is InChI=1S/C27H36N4O5/c1-17(2)14-23(26(34)30(5)13-12-29(3)4)28-22(27(35)36)10-11-31-24(32)20-15-18-8-6-7-9-19(18)16-21(20)25(31)33/h6-9,15-17,22-23,28H,10-14H2,1-5H3,(H,35,36)/t22?,23-/m1/s1. The van der Waals surface area contributed by atoms with Gasteiger partial charge in [-0.1, -0.05) is 38.1 Å². The van der Waals surface area contributed by atoms with Gasteiger partial charge in [0.1, 0.15) is 6.04 Å². The Labute approximate surface area is 212 Å². The second kappa shape index (κ2) is 11.6. The molecule has 0 saturated heterocycles. The SMILES string of the molecule is CC(C)C[C@@H](NC(CCN1C(=O)c2cc3ccccc3cc2C1=O)C(=O)O)C(=O)N(C)CCN(C)C. The van der Waals surface area contributed by atoms with Crippen LogP contribution in [0.5, 0.6) is 0 Å². The normalized spacial score (nSPS) is 15.0. The number of nitrogens with one attached hydrogen (secondary N) is 1. The number of carboxylic acid groups (broad SMARTS) is 1. The van der Waals surface area contributed by atoms with Gasteiger partial charge in [-0.2, -0.15) is 0 Å². The number of imide groups is 1. The first-order chi connectivity index (χ1) is 17.0. The maximum atomic E-state index is 13.1. The zero-order valence-electron chi connectivity index (χ0n) is 21.7. The van der Waals surface area contributed by atoms with Gasteiger partial charge in [-0.15, -0.1) is 0 Å². The Bertz CT molecular complexity index is 1090. The zero-order chi connectivity index (χ0) is 26.6. The fourth-order valence-electron chi connectivity index (χ4n) is 4.40. The smallest absolute Gasteiger partial charge is 0.320 e. The molecule has 1 aliphatic heterocycles. The molecule has 2 aromatic rings. The van der Waals surface area contributed by atoms with Gasteiger partial charge in [0.05, 0.1) is 17.2 Å². The predicted octanol–water partition coefficient (Wildman–Crippen LogP) is 2.30. The molecule has 2 atom stereocenters. The first kappa shape index (κ1) is 27.3. The molecule has 1 aliphatic rings. The van der Waals surface area contributed by atoms with Crippen molar-refractivity contribution in [3.63, 3.8) is 0 Å². The number of carboxylic acids is 1. The van der Waals surface area contributed by atoms with E-state index in [0.29, 0.717) is 30.6 Å². The van der Waals surface area contributed by atoms with Crippen molar-refractivity contribution in [2.75, 3.05) is 40.8 Å². The fourth-order valence-corrected chi connectivity index (χ4v) is 4.40. The van der Waals surface area contributed by atoms with Crippen LogP contribution < -0.4 is 5.32 Å². The van der Waals surface area contributed by atoms with Crippen LogP contribution in [0, 0.1) is 5.92 Å². The van der Waals surface area contributed by atoms with Crippen LogP contribution in [0.2, 0.25) is 0 Å². The summed E-state index contributed by atoms with van der Waals surface area (Å²) < 4.78 is 0. The van der Waals surface area contributed by atoms with E-state index in [9.17, 15) is 24.3 Å². The largest absolute Gasteiger partial charge is 0.480 e. The topological polar surface area (TPSA) is 110 Å². The number of fused-ring (bicyclic) bond motifs is 2. The molecule has 0 aliphatic carbocycles. The third-order valence-electron chi connectivity index (χ3n) is 6.44. The average molecular weight is 497 g/mol. The van der Waals surface area contributed by atoms with Crippen molar-refractivity contribution in [3.8, 4) is 0 Å². The summed E-state index contributed by atoms with van der Waals surface area (Å²) in [4.78, 5) is 55.9. The molecular weight excluding hydrogens is 460 g/mol. The number of carbonyl (C=O) groups is 4. The van der Waals surface area contributed by atoms with Gasteiger partial charge in [0.2, 0.25) is 5.91 Å². The second-order valence-corrected chi connectivity index (χ2v) is 10.1. The Balaban J connectivity index is 1.72. The molecule has 0 spiro atoms. The van der Waals surface area contributed by atoms with E-state index in [2.05, 4.69) is 5.32 Å². The van der Waals surface area contributed by atoms with Gasteiger partial charge in [0, 0.05) is 26.7 Å². The van der Waals surface area contributed by atoms with Crippen LogP contribution in [0.25, 0.3) is 10.8 Å². The molecule has 36 heavy (non-hydrogen) atoms. The summed E-state index contributed by atoms with van der Waals surface area (Å²) in [5.74, 6) is -2.00. The first-order valence-electron chi connectivity index (χ1n) is 12.3. The van der Waals surface area contributed by atoms with Gasteiger partial charge < -0.3 is 14.9 Å². The molecule has 9 heteroatoms. The van der Waals surface area contributed by atoms with Crippen LogP contribution in [0.15, 0.2) is 36.4 Å². The van der Waals surface area contributed by atoms with Crippen molar-refractivity contribution in [2.24, 2.45) is 5.92 Å². The van der Waals surface area contributed by atoms with Crippen LogP contribution >= 0.6 is 0 Å². The summed E-state index contributed by atoms with van der Waals surface area (Å²) in [7, 11) is 5.55. The van der Waals surface area contributed by atoms with Crippen LogP contribution in [0.1, 0.15) is 47.4 Å². The number of hydrogen-bond acceptors (Lipinski definition) is 6. The van der Waals surface area contributed by atoms with Gasteiger partial charge >= 0.3 is 5.97 Å². The minimum atomic E-state index is -1.13. The van der Waals surface area contributed by atoms with Crippen LogP contribution in [0.4, 0.5) is 0 Å². The fraction of sp³-hybridized carbons (Fsp3) is 0.481. The Morgan fingerprint density at radius 3 is 1.97 bits per heavy atom. The minimum Gasteiger partial charge on any atom is -0.480 e. The molecule has 1 unspecified atom stereocenters. The van der Waals surface area contributed by atoms with Gasteiger partial charge in [0.25, 0.3) is 11.8 Å². The molecule has 194 valence electrons. The molecule has 0 saturated carbocycles. The van der Waals surface area contributed by atoms with Crippen molar-refractivity contribution >= 4 is 34.5 Å². The molecule has 1 heterocycles. The Kier molecular flexibility index (Phi) is 8.81. The molecule has 2 N–H and O–H groups in total. The highest BCUT2D eigenvalue weighted by atomic mass is 16.4. The highest BCUT2D eigenvalue weighted by molar-refractivity contribution is 6.23. The second-order valence-electron chi connectivity index (χ2n) is 10.1. The van der Waals surface area contributed by atoms with Crippen LogP contribution in [-0.2, 0) is 9.59 Å². The molecule has 0 radical (unpaired) electrons. The molecule has 3 amide bonds. The monoisotopic (exact) mass is 496 g/mol. The average Bonchev–Trinajstić information content (AvgIpc) is 3.05. The number of nitrogens with zero attached hydrogens (tertiary/aromatic N) is 3. The number of likely N-dealkylation sites (N-methyl/N-ethyl adjacent to an activating group) is 2. The van der Waals surface area contributed by atoms with E-state index in [1.165, 1.54) is 0 Å². The summed E-state index contributed by atoms with van der Waals surface area (Å²) in [5, 5.41) is 14.6. The first-order valence-corrected chi connectivity index (χ1v) is 12.3. The van der Waals surface area contributed by atoms with Crippen molar-refractivity contribution in [1.82, 2.24) is 20.0 Å². The lowest BCUT2D eigenvalue weighted by molar-refractivity contribution is -0.141. The lowest BCUT2D eigenvalue weighted by atomic mass is 10.0. The van der Waals surface area contributed by atoms with Gasteiger partial charge in [-0.25, -0.2) is 0 Å². The Morgan fingerprint density at radius 1 is 0.944 bits per heavy atom. The highest BCUT2D eigenvalue weighted by Crippen LogP contribution is 2.28. The maximum absolute atomic E-state index is 13.1. The van der Waals surface area contributed by atoms with Crippen LogP contribution in [0.3, 0.4) is 0 Å². The summed E-state index contributed by atoms with van der Waals surface area (Å²) in [6.45, 7) is 5.09. The summed E-state index contributed by atoms with van der Waals surface area (Å²) in [5.41, 5.74) is 0.655.